The summed E-state index contributed by atoms with van der Waals surface area (Å²) in [5.74, 6) is -1.05. The minimum Gasteiger partial charge on any atom is -0.465 e. The Balaban J connectivity index is 2.24. The number of rotatable bonds is 6. The highest BCUT2D eigenvalue weighted by Crippen LogP contribution is 2.20. The molecule has 144 valence electrons. The van der Waals surface area contributed by atoms with Crippen LogP contribution in [0.15, 0.2) is 42.5 Å². The van der Waals surface area contributed by atoms with Gasteiger partial charge >= 0.3 is 5.97 Å². The molecule has 0 spiro atoms. The maximum atomic E-state index is 12.5. The Morgan fingerprint density at radius 2 is 1.70 bits per heavy atom. The number of nitrogens with zero attached hydrogens (tertiary/aromatic N) is 1. The molecule has 0 saturated heterocycles. The second kappa shape index (κ2) is 8.22. The topological polar surface area (TPSA) is 92.8 Å². The molecule has 0 aromatic heterocycles. The van der Waals surface area contributed by atoms with Crippen LogP contribution in [0.1, 0.15) is 21.5 Å². The largest absolute Gasteiger partial charge is 0.465 e. The molecular weight excluding hydrogens is 368 g/mol. The third kappa shape index (κ3) is 5.30. The molecule has 1 amide bonds. The number of benzene rings is 2. The molecule has 1 N–H and O–H groups in total. The number of aryl methyl sites for hydroxylation is 2. The van der Waals surface area contributed by atoms with Crippen molar-refractivity contribution >= 4 is 33.3 Å². The van der Waals surface area contributed by atoms with Gasteiger partial charge in [0.25, 0.3) is 0 Å². The highest BCUT2D eigenvalue weighted by atomic mass is 32.2. The first-order chi connectivity index (χ1) is 12.6. The van der Waals surface area contributed by atoms with Gasteiger partial charge in [-0.3, -0.25) is 9.10 Å². The summed E-state index contributed by atoms with van der Waals surface area (Å²) in [5.41, 5.74) is 2.82. The van der Waals surface area contributed by atoms with Crippen molar-refractivity contribution in [2.24, 2.45) is 0 Å². The zero-order chi connectivity index (χ0) is 20.2. The first-order valence-corrected chi connectivity index (χ1v) is 10.00. The highest BCUT2D eigenvalue weighted by Gasteiger charge is 2.21. The van der Waals surface area contributed by atoms with Crippen LogP contribution in [0.3, 0.4) is 0 Å². The van der Waals surface area contributed by atoms with Gasteiger partial charge in [-0.05, 0) is 43.7 Å². The quantitative estimate of drug-likeness (QED) is 0.765. The van der Waals surface area contributed by atoms with Crippen molar-refractivity contribution in [2.75, 3.05) is 29.5 Å². The van der Waals surface area contributed by atoms with Gasteiger partial charge < -0.3 is 10.1 Å². The van der Waals surface area contributed by atoms with E-state index >= 15 is 0 Å². The minimum absolute atomic E-state index is 0.289. The maximum absolute atomic E-state index is 12.5. The molecule has 2 rings (SSSR count). The van der Waals surface area contributed by atoms with Crippen molar-refractivity contribution in [3.05, 3.63) is 59.2 Å². The van der Waals surface area contributed by atoms with Gasteiger partial charge in [0.05, 0.1) is 24.6 Å². The Labute approximate surface area is 159 Å². The normalized spacial score (nSPS) is 11.0. The van der Waals surface area contributed by atoms with E-state index in [0.29, 0.717) is 11.4 Å². The SMILES string of the molecule is COC(=O)c1ccc(C)c(NC(=O)CN(c2ccc(C)cc2)S(C)(=O)=O)c1. The average Bonchev–Trinajstić information content (AvgIpc) is 2.61. The fourth-order valence-electron chi connectivity index (χ4n) is 2.43. The summed E-state index contributed by atoms with van der Waals surface area (Å²) in [5, 5.41) is 2.66. The fraction of sp³-hybridized carbons (Fsp3) is 0.263. The van der Waals surface area contributed by atoms with Gasteiger partial charge in [0.1, 0.15) is 6.54 Å². The lowest BCUT2D eigenvalue weighted by Crippen LogP contribution is -2.37. The number of hydrogen-bond acceptors (Lipinski definition) is 5. The monoisotopic (exact) mass is 390 g/mol. The maximum Gasteiger partial charge on any atom is 0.337 e. The first kappa shape index (κ1) is 20.4. The molecule has 0 fully saturated rings. The fourth-order valence-corrected chi connectivity index (χ4v) is 3.29. The molecule has 0 radical (unpaired) electrons. The molecule has 2 aromatic rings. The van der Waals surface area contributed by atoms with Gasteiger partial charge in [-0.25, -0.2) is 13.2 Å². The molecule has 0 saturated carbocycles. The summed E-state index contributed by atoms with van der Waals surface area (Å²) in [6.07, 6.45) is 1.04. The van der Waals surface area contributed by atoms with Crippen LogP contribution in [0, 0.1) is 13.8 Å². The van der Waals surface area contributed by atoms with Crippen LogP contribution < -0.4 is 9.62 Å². The number of ether oxygens (including phenoxy) is 1. The van der Waals surface area contributed by atoms with Gasteiger partial charge in [0, 0.05) is 5.69 Å². The van der Waals surface area contributed by atoms with Gasteiger partial charge in [0.2, 0.25) is 15.9 Å². The summed E-state index contributed by atoms with van der Waals surface area (Å²) < 4.78 is 30.0. The van der Waals surface area contributed by atoms with E-state index in [1.807, 2.05) is 6.92 Å². The summed E-state index contributed by atoms with van der Waals surface area (Å²) >= 11 is 0. The Hall–Kier alpha value is -2.87. The Kier molecular flexibility index (Phi) is 6.22. The Morgan fingerprint density at radius 3 is 2.26 bits per heavy atom. The number of carbonyl (C=O) groups excluding carboxylic acids is 2. The predicted octanol–water partition coefficient (Wildman–Crippen LogP) is 2.49. The number of anilines is 2. The highest BCUT2D eigenvalue weighted by molar-refractivity contribution is 7.92. The van der Waals surface area contributed by atoms with Crippen LogP contribution in [0.5, 0.6) is 0 Å². The molecule has 0 atom stereocenters. The van der Waals surface area contributed by atoms with E-state index in [0.717, 1.165) is 21.7 Å². The number of hydrogen-bond donors (Lipinski definition) is 1. The predicted molar refractivity (Wildman–Crippen MR) is 105 cm³/mol. The van der Waals surface area contributed by atoms with Gasteiger partial charge in [-0.15, -0.1) is 0 Å². The molecule has 7 nitrogen and oxygen atoms in total. The van der Waals surface area contributed by atoms with Crippen LogP contribution >= 0.6 is 0 Å². The number of nitrogens with one attached hydrogen (secondary N) is 1. The van der Waals surface area contributed by atoms with Gasteiger partial charge in [0.15, 0.2) is 0 Å². The molecule has 0 aliphatic rings. The van der Waals surface area contributed by atoms with E-state index in [4.69, 9.17) is 0 Å². The van der Waals surface area contributed by atoms with Crippen molar-refractivity contribution < 1.29 is 22.7 Å². The molecule has 2 aromatic carbocycles. The third-order valence-corrected chi connectivity index (χ3v) is 5.08. The standard InChI is InChI=1S/C19H22N2O5S/c1-13-5-9-16(10-6-13)21(27(4,24)25)12-18(22)20-17-11-15(19(23)26-3)8-7-14(17)2/h5-11H,12H2,1-4H3,(H,20,22). The molecule has 0 bridgehead atoms. The van der Waals surface area contributed by atoms with Crippen LogP contribution in [0.2, 0.25) is 0 Å². The lowest BCUT2D eigenvalue weighted by atomic mass is 10.1. The van der Waals surface area contributed by atoms with E-state index in [1.165, 1.54) is 13.2 Å². The summed E-state index contributed by atoms with van der Waals surface area (Å²) in [7, 11) is -2.39. The Morgan fingerprint density at radius 1 is 1.07 bits per heavy atom. The molecule has 0 unspecified atom stereocenters. The van der Waals surface area contributed by atoms with Gasteiger partial charge in [-0.2, -0.15) is 0 Å². The Bertz CT molecular complexity index is 953. The lowest BCUT2D eigenvalue weighted by molar-refractivity contribution is -0.114. The molecule has 27 heavy (non-hydrogen) atoms. The number of sulfonamides is 1. The number of methoxy groups -OCH3 is 1. The summed E-state index contributed by atoms with van der Waals surface area (Å²) in [4.78, 5) is 24.1. The second-order valence-corrected chi connectivity index (χ2v) is 8.08. The molecule has 8 heteroatoms. The average molecular weight is 390 g/mol. The van der Waals surface area contributed by atoms with Crippen molar-refractivity contribution in [3.8, 4) is 0 Å². The van der Waals surface area contributed by atoms with E-state index in [-0.39, 0.29) is 12.1 Å². The second-order valence-electron chi connectivity index (χ2n) is 6.17. The zero-order valence-corrected chi connectivity index (χ0v) is 16.5. The van der Waals surface area contributed by atoms with Crippen molar-refractivity contribution in [3.63, 3.8) is 0 Å². The number of amides is 1. The van der Waals surface area contributed by atoms with E-state index in [1.54, 1.807) is 43.3 Å². The lowest BCUT2D eigenvalue weighted by Gasteiger charge is -2.22. The van der Waals surface area contributed by atoms with Crippen molar-refractivity contribution in [2.45, 2.75) is 13.8 Å². The van der Waals surface area contributed by atoms with E-state index in [2.05, 4.69) is 10.1 Å². The zero-order valence-electron chi connectivity index (χ0n) is 15.6. The smallest absolute Gasteiger partial charge is 0.337 e. The van der Waals surface area contributed by atoms with E-state index < -0.39 is 21.9 Å². The summed E-state index contributed by atoms with van der Waals surface area (Å²) in [6.45, 7) is 3.27. The third-order valence-electron chi connectivity index (χ3n) is 3.94. The van der Waals surface area contributed by atoms with Crippen LogP contribution in [0.25, 0.3) is 0 Å². The summed E-state index contributed by atoms with van der Waals surface area (Å²) in [6, 6.07) is 11.6. The molecular formula is C19H22N2O5S. The minimum atomic E-state index is -3.66. The molecule has 0 aliphatic heterocycles. The van der Waals surface area contributed by atoms with Crippen LogP contribution in [-0.2, 0) is 19.6 Å². The molecule has 0 aliphatic carbocycles. The van der Waals surface area contributed by atoms with Crippen molar-refractivity contribution in [1.29, 1.82) is 0 Å². The van der Waals surface area contributed by atoms with Crippen LogP contribution in [0.4, 0.5) is 11.4 Å². The van der Waals surface area contributed by atoms with Gasteiger partial charge in [-0.1, -0.05) is 23.8 Å². The van der Waals surface area contributed by atoms with Crippen LogP contribution in [-0.4, -0.2) is 40.2 Å². The van der Waals surface area contributed by atoms with Crippen molar-refractivity contribution in [1.82, 2.24) is 0 Å². The van der Waals surface area contributed by atoms with E-state index in [9.17, 15) is 18.0 Å². The number of esters is 1. The number of carbonyl (C=O) groups is 2. The molecule has 0 heterocycles. The first-order valence-electron chi connectivity index (χ1n) is 8.15.